The van der Waals surface area contributed by atoms with Crippen LogP contribution >= 0.6 is 0 Å². The first kappa shape index (κ1) is 25.5. The molecule has 3 heterocycles. The number of furan rings is 1. The van der Waals surface area contributed by atoms with Gasteiger partial charge >= 0.3 is 20.1 Å². The SMILES string of the molecule is [2H]C([2H])([2H])c1c[c-]c(-c2[c-]ccc3c2oc2ccccc23)cc1-c1ccc(C2(C)CCC(C)(C)CC2)cc1C([2H])([2H])[2H].[2H]C([2H])([2H])c1n[c-]c(-c2ccccn2)cn1.[Ir+3]. The molecular weight excluding hydrogens is 791 g/mol. The molecule has 4 nitrogen and oxygen atoms in total. The number of benzene rings is 4. The van der Waals surface area contributed by atoms with Gasteiger partial charge < -0.3 is 19.4 Å². The maximum absolute atomic E-state index is 8.48. The average molecular weight is 842 g/mol. The van der Waals surface area contributed by atoms with Crippen LogP contribution in [0.2, 0.25) is 0 Å². The number of fused-ring (bicyclic) bond motifs is 3. The molecule has 0 spiro atoms. The molecule has 0 saturated heterocycles. The fraction of sp³-hybridized carbons (Fsp3) is 0.267. The molecular formula is C45H42IrN3O. The molecule has 50 heavy (non-hydrogen) atoms. The molecule has 4 aromatic carbocycles. The quantitative estimate of drug-likeness (QED) is 0.166. The summed E-state index contributed by atoms with van der Waals surface area (Å²) >= 11 is 0. The van der Waals surface area contributed by atoms with Crippen LogP contribution in [-0.4, -0.2) is 15.0 Å². The molecule has 1 aliphatic rings. The third-order valence-electron chi connectivity index (χ3n) is 9.81. The number of hydrogen-bond donors (Lipinski definition) is 0. The molecule has 0 amide bonds. The van der Waals surface area contributed by atoms with E-state index in [1.165, 1.54) is 12.3 Å². The summed E-state index contributed by atoms with van der Waals surface area (Å²) in [7, 11) is 0. The van der Waals surface area contributed by atoms with Crippen LogP contribution in [0.1, 0.15) is 81.3 Å². The zero-order chi connectivity index (χ0) is 41.7. The molecule has 0 unspecified atom stereocenters. The molecule has 1 saturated carbocycles. The average Bonchev–Trinajstić information content (AvgIpc) is 3.57. The number of nitrogens with zero attached hydrogens (tertiary/aromatic N) is 3. The molecule has 0 aliphatic heterocycles. The molecule has 5 heteroatoms. The second-order valence-corrected chi connectivity index (χ2v) is 13.8. The number of aromatic nitrogens is 3. The minimum atomic E-state index is -2.47. The van der Waals surface area contributed by atoms with Crippen LogP contribution in [-0.2, 0) is 25.5 Å². The van der Waals surface area contributed by atoms with Gasteiger partial charge in [-0.05, 0) is 90.9 Å². The summed E-state index contributed by atoms with van der Waals surface area (Å²) in [6.07, 6.45) is 9.76. The third kappa shape index (κ3) is 7.22. The standard InChI is InChI=1S/C35H34O.C10H8N3.Ir/c1-23-13-14-25(28-10-8-11-30-29-9-6-7-12-32(29)36-33(28)30)22-31(23)27-16-15-26(21-24(27)2)35(5)19-17-34(3,4)18-20-35;1-8-12-6-9(7-13-8)10-4-2-3-5-11-10;/h6-9,11-13,15-16,21-22H,17-20H2,1-5H3;2-6H,1H3;/q-2;-1;+3/i1D3,2D3;1D3;. The number of aryl methyl sites for hydroxylation is 3. The van der Waals surface area contributed by atoms with Crippen molar-refractivity contribution in [2.75, 3.05) is 0 Å². The summed E-state index contributed by atoms with van der Waals surface area (Å²) < 4.78 is 77.9. The van der Waals surface area contributed by atoms with Gasteiger partial charge in [-0.2, -0.15) is 35.9 Å². The largest absolute Gasteiger partial charge is 3.00 e. The summed E-state index contributed by atoms with van der Waals surface area (Å²) in [6, 6.07) is 32.1. The molecule has 0 bridgehead atoms. The summed E-state index contributed by atoms with van der Waals surface area (Å²) in [5, 5.41) is 1.90. The maximum Gasteiger partial charge on any atom is 3.00 e. The van der Waals surface area contributed by atoms with Crippen molar-refractivity contribution in [3.05, 3.63) is 138 Å². The van der Waals surface area contributed by atoms with E-state index in [0.717, 1.165) is 47.6 Å². The zero-order valence-corrected chi connectivity index (χ0v) is 30.5. The van der Waals surface area contributed by atoms with Gasteiger partial charge in [0, 0.05) is 35.3 Å². The molecule has 8 rings (SSSR count). The number of pyridine rings is 1. The van der Waals surface area contributed by atoms with Crippen molar-refractivity contribution in [3.8, 4) is 33.5 Å². The molecule has 0 N–H and O–H groups in total. The summed E-state index contributed by atoms with van der Waals surface area (Å²) in [5.74, 6) is -0.202. The molecule has 0 radical (unpaired) electrons. The Bertz CT molecular complexity index is 2570. The minimum absolute atomic E-state index is 0. The summed E-state index contributed by atoms with van der Waals surface area (Å²) in [5.41, 5.74) is 5.96. The summed E-state index contributed by atoms with van der Waals surface area (Å²) in [6.45, 7) is -0.412. The van der Waals surface area contributed by atoms with Crippen LogP contribution in [0.15, 0.2) is 102 Å². The van der Waals surface area contributed by atoms with E-state index in [4.69, 9.17) is 16.8 Å². The normalized spacial score (nSPS) is 18.3. The van der Waals surface area contributed by atoms with Gasteiger partial charge in [0.1, 0.15) is 5.58 Å². The van der Waals surface area contributed by atoms with E-state index in [9.17, 15) is 0 Å². The van der Waals surface area contributed by atoms with Crippen LogP contribution < -0.4 is 0 Å². The van der Waals surface area contributed by atoms with Gasteiger partial charge in [0.05, 0.1) is 0 Å². The Labute approximate surface area is 322 Å². The van der Waals surface area contributed by atoms with E-state index in [-0.39, 0.29) is 47.9 Å². The van der Waals surface area contributed by atoms with Gasteiger partial charge in [0.2, 0.25) is 0 Å². The predicted octanol–water partition coefficient (Wildman–Crippen LogP) is 11.6. The van der Waals surface area contributed by atoms with E-state index in [0.29, 0.717) is 39.1 Å². The summed E-state index contributed by atoms with van der Waals surface area (Å²) in [4.78, 5) is 11.6. The molecule has 252 valence electrons. The zero-order valence-electron chi connectivity index (χ0n) is 37.1. The smallest absolute Gasteiger partial charge is 0.510 e. The van der Waals surface area contributed by atoms with E-state index in [2.05, 4.69) is 54.1 Å². The first-order valence-electron chi connectivity index (χ1n) is 20.9. The van der Waals surface area contributed by atoms with E-state index in [1.54, 1.807) is 30.5 Å². The van der Waals surface area contributed by atoms with Crippen LogP contribution in [0.5, 0.6) is 0 Å². The number of hydrogen-bond acceptors (Lipinski definition) is 4. The van der Waals surface area contributed by atoms with Crippen LogP contribution in [0.25, 0.3) is 55.4 Å². The first-order valence-corrected chi connectivity index (χ1v) is 16.4. The van der Waals surface area contributed by atoms with E-state index in [1.807, 2.05) is 54.6 Å². The fourth-order valence-corrected chi connectivity index (χ4v) is 6.61. The van der Waals surface area contributed by atoms with Gasteiger partial charge in [-0.25, -0.2) is 5.56 Å². The van der Waals surface area contributed by atoms with Crippen LogP contribution in [0.4, 0.5) is 0 Å². The van der Waals surface area contributed by atoms with Crippen molar-refractivity contribution in [1.82, 2.24) is 15.0 Å². The monoisotopic (exact) mass is 842 g/mol. The Morgan fingerprint density at radius 2 is 1.58 bits per heavy atom. The Kier molecular flexibility index (Phi) is 7.36. The fourth-order valence-electron chi connectivity index (χ4n) is 6.61. The Morgan fingerprint density at radius 3 is 2.32 bits per heavy atom. The van der Waals surface area contributed by atoms with Gasteiger partial charge in [0.15, 0.2) is 0 Å². The number of rotatable bonds is 4. The molecule has 1 fully saturated rings. The third-order valence-corrected chi connectivity index (χ3v) is 9.81. The van der Waals surface area contributed by atoms with Gasteiger partial charge in [-0.15, -0.1) is 17.2 Å². The van der Waals surface area contributed by atoms with Gasteiger partial charge in [0.25, 0.3) is 0 Å². The molecule has 3 aromatic heterocycles. The molecule has 1 aliphatic carbocycles. The Balaban J connectivity index is 0.000000289. The second kappa shape index (κ2) is 14.4. The Hall–Kier alpha value is -4.44. The minimum Gasteiger partial charge on any atom is -0.510 e. The molecule has 0 atom stereocenters. The van der Waals surface area contributed by atoms with E-state index < -0.39 is 20.6 Å². The topological polar surface area (TPSA) is 51.8 Å². The van der Waals surface area contributed by atoms with Crippen LogP contribution in [0, 0.1) is 44.3 Å². The predicted molar refractivity (Wildman–Crippen MR) is 200 cm³/mol. The maximum atomic E-state index is 8.48. The first-order chi connectivity index (χ1) is 27.2. The van der Waals surface area contributed by atoms with Crippen molar-refractivity contribution >= 4 is 21.9 Å². The van der Waals surface area contributed by atoms with Crippen LogP contribution in [0.3, 0.4) is 0 Å². The Morgan fingerprint density at radius 1 is 0.760 bits per heavy atom. The number of para-hydroxylation sites is 1. The van der Waals surface area contributed by atoms with Crippen molar-refractivity contribution in [3.63, 3.8) is 0 Å². The van der Waals surface area contributed by atoms with Crippen molar-refractivity contribution in [1.29, 1.82) is 0 Å². The van der Waals surface area contributed by atoms with Crippen molar-refractivity contribution in [2.24, 2.45) is 5.41 Å². The molecule has 7 aromatic rings. The van der Waals surface area contributed by atoms with Gasteiger partial charge in [-0.3, -0.25) is 0 Å². The van der Waals surface area contributed by atoms with Crippen molar-refractivity contribution in [2.45, 2.75) is 72.4 Å². The van der Waals surface area contributed by atoms with Crippen molar-refractivity contribution < 1.29 is 36.9 Å². The van der Waals surface area contributed by atoms with E-state index >= 15 is 0 Å². The van der Waals surface area contributed by atoms with Gasteiger partial charge in [-0.1, -0.05) is 93.3 Å². The second-order valence-electron chi connectivity index (χ2n) is 13.8.